The normalized spacial score (nSPS) is 11.5. The summed E-state index contributed by atoms with van der Waals surface area (Å²) in [6.45, 7) is 14.3. The van der Waals surface area contributed by atoms with E-state index in [1.54, 1.807) is 10.6 Å². The summed E-state index contributed by atoms with van der Waals surface area (Å²) in [5.74, 6) is 0. The monoisotopic (exact) mass is 566 g/mol. The van der Waals surface area contributed by atoms with Crippen molar-refractivity contribution >= 4 is 25.1 Å². The summed E-state index contributed by atoms with van der Waals surface area (Å²) < 4.78 is 0. The van der Waals surface area contributed by atoms with Crippen molar-refractivity contribution in [2.24, 2.45) is 0 Å². The molecule has 1 aromatic rings. The van der Waals surface area contributed by atoms with Crippen LogP contribution in [0.1, 0.15) is 41.5 Å². The van der Waals surface area contributed by atoms with Gasteiger partial charge >= 0.3 is 0 Å². The maximum absolute atomic E-state index is 2.48. The quantitative estimate of drug-likeness (QED) is 0.283. The predicted molar refractivity (Wildman–Crippen MR) is 103 cm³/mol. The summed E-state index contributed by atoms with van der Waals surface area (Å²) in [4.78, 5) is 0. The molecule has 1 aromatic carbocycles. The Kier molecular flexibility index (Phi) is 14.0. The van der Waals surface area contributed by atoms with Crippen molar-refractivity contribution < 1.29 is 48.0 Å². The maximum Gasteiger partial charge on any atom is 0.0942 e. The van der Waals surface area contributed by atoms with Gasteiger partial charge in [-0.2, -0.15) is 0 Å². The molecule has 4 heteroatoms. The Labute approximate surface area is 174 Å². The summed E-state index contributed by atoms with van der Waals surface area (Å²) in [6, 6.07) is 9.93. The molecule has 0 radical (unpaired) electrons. The zero-order valence-electron chi connectivity index (χ0n) is 15.2. The van der Waals surface area contributed by atoms with Crippen LogP contribution in [0.15, 0.2) is 24.3 Å². The highest BCUT2D eigenvalue weighted by atomic mass is 127. The second kappa shape index (κ2) is 12.0. The van der Waals surface area contributed by atoms with Crippen LogP contribution in [0, 0.1) is 0 Å². The molecule has 0 fully saturated rings. The third-order valence-electron chi connectivity index (χ3n) is 5.58. The molecule has 0 bridgehead atoms. The van der Waals surface area contributed by atoms with Crippen LogP contribution in [0.3, 0.4) is 0 Å². The number of halogens is 2. The van der Waals surface area contributed by atoms with Gasteiger partial charge in [0.1, 0.15) is 0 Å². The molecule has 0 aliphatic heterocycles. The average molecular weight is 566 g/mol. The van der Waals surface area contributed by atoms with Gasteiger partial charge in [-0.05, 0) is 65.8 Å². The van der Waals surface area contributed by atoms with Crippen molar-refractivity contribution in [3.8, 4) is 0 Å². The Morgan fingerprint density at radius 2 is 0.682 bits per heavy atom. The van der Waals surface area contributed by atoms with Gasteiger partial charge in [0.25, 0.3) is 0 Å². The summed E-state index contributed by atoms with van der Waals surface area (Å²) in [7, 11) is -1.75. The first-order chi connectivity index (χ1) is 9.57. The fourth-order valence-electron chi connectivity index (χ4n) is 3.52. The lowest BCUT2D eigenvalue weighted by molar-refractivity contribution is -0.001000. The Morgan fingerprint density at radius 1 is 0.500 bits per heavy atom. The summed E-state index contributed by atoms with van der Waals surface area (Å²) >= 11 is 0. The van der Waals surface area contributed by atoms with Gasteiger partial charge in [-0.3, -0.25) is 0 Å². The van der Waals surface area contributed by atoms with Crippen LogP contribution in [0.4, 0.5) is 0 Å². The van der Waals surface area contributed by atoms with Gasteiger partial charge in [-0.15, -0.1) is 0 Å². The van der Waals surface area contributed by atoms with Crippen LogP contribution in [0.25, 0.3) is 0 Å². The molecule has 0 aromatic heterocycles. The molecule has 1 rings (SSSR count). The van der Waals surface area contributed by atoms with Crippen LogP contribution < -0.4 is 58.6 Å². The van der Waals surface area contributed by atoms with E-state index in [1.807, 2.05) is 0 Å². The molecule has 0 unspecified atom stereocenters. The van der Waals surface area contributed by atoms with E-state index in [9.17, 15) is 0 Å². The smallest absolute Gasteiger partial charge is 0.0942 e. The van der Waals surface area contributed by atoms with Gasteiger partial charge in [-0.1, -0.05) is 0 Å². The molecule has 0 aliphatic rings. The lowest BCUT2D eigenvalue weighted by Crippen LogP contribution is -3.00. The van der Waals surface area contributed by atoms with E-state index in [1.165, 1.54) is 37.0 Å². The third-order valence-corrected chi connectivity index (χ3v) is 15.6. The maximum atomic E-state index is 2.48. The van der Waals surface area contributed by atoms with Crippen LogP contribution in [0.5, 0.6) is 0 Å². The number of hydrogen-bond donors (Lipinski definition) is 0. The Bertz CT molecular complexity index is 341. The average Bonchev–Trinajstić information content (AvgIpc) is 2.53. The molecule has 0 N–H and O–H groups in total. The van der Waals surface area contributed by atoms with Crippen molar-refractivity contribution in [3.05, 3.63) is 24.3 Å². The molecule has 0 amide bonds. The number of rotatable bonds is 8. The highest BCUT2D eigenvalue weighted by Crippen LogP contribution is 2.58. The minimum absolute atomic E-state index is 0. The molecule has 0 atom stereocenters. The lowest BCUT2D eigenvalue weighted by Gasteiger charge is -2.26. The third kappa shape index (κ3) is 5.27. The Morgan fingerprint density at radius 3 is 0.818 bits per heavy atom. The van der Waals surface area contributed by atoms with E-state index in [0.717, 1.165) is 0 Å². The molecule has 0 nitrogen and oxygen atoms in total. The largest absolute Gasteiger partial charge is 1.00 e. The second-order valence-corrected chi connectivity index (χ2v) is 15.1. The lowest BCUT2D eigenvalue weighted by atomic mass is 10.4. The van der Waals surface area contributed by atoms with Crippen LogP contribution in [-0.4, -0.2) is 37.0 Å². The first kappa shape index (κ1) is 25.8. The standard InChI is InChI=1S/C18H34P2.2HI/c1-7-19(8-2,9-3)17-13-15-18(16-14-17)20(10-4,11-5)12-6;;/h13-16H,7-12H2,1-6H3;2*1H/q+2;;/p-2. The van der Waals surface area contributed by atoms with Crippen molar-refractivity contribution in [1.29, 1.82) is 0 Å². The van der Waals surface area contributed by atoms with Crippen LogP contribution in [-0.2, 0) is 0 Å². The zero-order valence-corrected chi connectivity index (χ0v) is 21.3. The van der Waals surface area contributed by atoms with E-state index in [-0.39, 0.29) is 48.0 Å². The minimum Gasteiger partial charge on any atom is -1.00 e. The number of benzene rings is 1. The van der Waals surface area contributed by atoms with Crippen molar-refractivity contribution in [1.82, 2.24) is 0 Å². The van der Waals surface area contributed by atoms with Crippen LogP contribution in [0.2, 0.25) is 0 Å². The fourth-order valence-corrected chi connectivity index (χ4v) is 9.96. The molecule has 0 heterocycles. The molecule has 0 saturated heterocycles. The van der Waals surface area contributed by atoms with Gasteiger partial charge in [0, 0.05) is 14.5 Å². The van der Waals surface area contributed by atoms with E-state index in [4.69, 9.17) is 0 Å². The molecule has 0 saturated carbocycles. The zero-order chi connectivity index (χ0) is 15.2. The molecule has 22 heavy (non-hydrogen) atoms. The molecule has 0 aliphatic carbocycles. The van der Waals surface area contributed by atoms with Crippen molar-refractivity contribution in [3.63, 3.8) is 0 Å². The van der Waals surface area contributed by atoms with E-state index < -0.39 is 14.5 Å². The van der Waals surface area contributed by atoms with Gasteiger partial charge in [0.2, 0.25) is 0 Å². The predicted octanol–water partition coefficient (Wildman–Crippen LogP) is -0.900. The summed E-state index contributed by atoms with van der Waals surface area (Å²) in [5, 5.41) is 3.32. The topological polar surface area (TPSA) is 0 Å². The summed E-state index contributed by atoms with van der Waals surface area (Å²) in [6.07, 6.45) is 8.14. The summed E-state index contributed by atoms with van der Waals surface area (Å²) in [5.41, 5.74) is 0. The van der Waals surface area contributed by atoms with E-state index in [0.29, 0.717) is 0 Å². The first-order valence-corrected chi connectivity index (χ1v) is 13.1. The Balaban J connectivity index is 0. The van der Waals surface area contributed by atoms with Crippen molar-refractivity contribution in [2.45, 2.75) is 41.5 Å². The molecular weight excluding hydrogens is 532 g/mol. The Hall–Kier alpha value is 1.54. The molecule has 0 spiro atoms. The SMILES string of the molecule is CC[P+](CC)(CC)c1ccc([P+](CC)(CC)CC)cc1.[I-].[I-]. The molecular formula is C18H34I2P2. The second-order valence-electron chi connectivity index (χ2n) is 5.70. The molecule has 130 valence electrons. The highest BCUT2D eigenvalue weighted by molar-refractivity contribution is 7.83. The first-order valence-electron chi connectivity index (χ1n) is 8.41. The van der Waals surface area contributed by atoms with Gasteiger partial charge in [0.15, 0.2) is 0 Å². The fraction of sp³-hybridized carbons (Fsp3) is 0.667. The van der Waals surface area contributed by atoms with Gasteiger partial charge in [-0.25, -0.2) is 0 Å². The highest BCUT2D eigenvalue weighted by Gasteiger charge is 2.37. The van der Waals surface area contributed by atoms with Crippen LogP contribution >= 0.6 is 14.5 Å². The van der Waals surface area contributed by atoms with Gasteiger partial charge in [0.05, 0.1) is 47.6 Å². The van der Waals surface area contributed by atoms with Crippen molar-refractivity contribution in [2.75, 3.05) is 37.0 Å². The number of hydrogen-bond acceptors (Lipinski definition) is 0. The van der Waals surface area contributed by atoms with E-state index in [2.05, 4.69) is 65.8 Å². The van der Waals surface area contributed by atoms with E-state index >= 15 is 0 Å². The minimum atomic E-state index is -0.876. The van der Waals surface area contributed by atoms with Gasteiger partial charge < -0.3 is 48.0 Å².